The highest BCUT2D eigenvalue weighted by Gasteiger charge is 2.04. The Balaban J connectivity index is 2.01. The van der Waals surface area contributed by atoms with E-state index in [0.29, 0.717) is 6.54 Å². The van der Waals surface area contributed by atoms with Crippen LogP contribution in [-0.2, 0) is 6.54 Å². The van der Waals surface area contributed by atoms with Gasteiger partial charge in [0, 0.05) is 32.6 Å². The number of halogens is 3. The van der Waals surface area contributed by atoms with Crippen LogP contribution < -0.4 is 0 Å². The number of rotatable bonds is 2. The van der Waals surface area contributed by atoms with Crippen LogP contribution in [0.25, 0.3) is 10.9 Å². The molecule has 0 unspecified atom stereocenters. The van der Waals surface area contributed by atoms with Gasteiger partial charge in [0.15, 0.2) is 0 Å². The van der Waals surface area contributed by atoms with Crippen LogP contribution in [0.3, 0.4) is 0 Å². The summed E-state index contributed by atoms with van der Waals surface area (Å²) in [7, 11) is 0. The van der Waals surface area contributed by atoms with Crippen molar-refractivity contribution in [2.45, 2.75) is 6.54 Å². The Morgan fingerprint density at radius 2 is 1.79 bits per heavy atom. The highest BCUT2D eigenvalue weighted by atomic mass is 79.9. The van der Waals surface area contributed by atoms with Crippen LogP contribution in [0.5, 0.6) is 0 Å². The zero-order valence-corrected chi connectivity index (χ0v) is 13.1. The van der Waals surface area contributed by atoms with Crippen LogP contribution in [0.2, 0.25) is 0 Å². The monoisotopic (exact) mass is 381 g/mol. The van der Waals surface area contributed by atoms with Gasteiger partial charge in [-0.3, -0.25) is 0 Å². The fourth-order valence-electron chi connectivity index (χ4n) is 2.21. The Hall–Kier alpha value is -1.13. The van der Waals surface area contributed by atoms with Gasteiger partial charge in [-0.2, -0.15) is 0 Å². The van der Waals surface area contributed by atoms with Crippen molar-refractivity contribution in [2.24, 2.45) is 0 Å². The molecule has 3 rings (SSSR count). The first kappa shape index (κ1) is 12.9. The fraction of sp³-hybridized carbons (Fsp3) is 0.0667. The highest BCUT2D eigenvalue weighted by Crippen LogP contribution is 2.23. The van der Waals surface area contributed by atoms with Crippen LogP contribution in [-0.4, -0.2) is 4.57 Å². The first-order valence-corrected chi connectivity index (χ1v) is 7.40. The van der Waals surface area contributed by atoms with Gasteiger partial charge in [-0.05, 0) is 48.0 Å². The van der Waals surface area contributed by atoms with E-state index in [4.69, 9.17) is 0 Å². The third-order valence-corrected chi connectivity index (χ3v) is 3.96. The molecule has 0 spiro atoms. The van der Waals surface area contributed by atoms with Crippen LogP contribution in [0, 0.1) is 5.82 Å². The van der Waals surface area contributed by atoms with E-state index in [1.165, 1.54) is 11.5 Å². The van der Waals surface area contributed by atoms with Crippen molar-refractivity contribution in [3.05, 3.63) is 69.0 Å². The average molecular weight is 383 g/mol. The molecule has 0 aliphatic heterocycles. The Bertz CT molecular complexity index is 729. The van der Waals surface area contributed by atoms with Gasteiger partial charge in [-0.25, -0.2) is 4.39 Å². The summed E-state index contributed by atoms with van der Waals surface area (Å²) >= 11 is 6.78. The third-order valence-electron chi connectivity index (χ3n) is 3.01. The quantitative estimate of drug-likeness (QED) is 0.562. The smallest absolute Gasteiger partial charge is 0.124 e. The Kier molecular flexibility index (Phi) is 3.46. The minimum absolute atomic E-state index is 0.219. The maximum absolute atomic E-state index is 13.4. The molecule has 2 aromatic carbocycles. The lowest BCUT2D eigenvalue weighted by Crippen LogP contribution is -1.98. The molecule has 0 bridgehead atoms. The summed E-state index contributed by atoms with van der Waals surface area (Å²) in [5, 5.41) is 1.17. The lowest BCUT2D eigenvalue weighted by Gasteiger charge is -2.07. The molecule has 4 heteroatoms. The molecule has 0 fully saturated rings. The molecule has 19 heavy (non-hydrogen) atoms. The topological polar surface area (TPSA) is 4.93 Å². The summed E-state index contributed by atoms with van der Waals surface area (Å²) in [6.45, 7) is 0.654. The van der Waals surface area contributed by atoms with E-state index in [1.54, 1.807) is 6.07 Å². The van der Waals surface area contributed by atoms with Crippen LogP contribution in [0.1, 0.15) is 5.56 Å². The van der Waals surface area contributed by atoms with Crippen LogP contribution >= 0.6 is 31.9 Å². The van der Waals surface area contributed by atoms with Gasteiger partial charge in [0.05, 0.1) is 0 Å². The van der Waals surface area contributed by atoms with E-state index >= 15 is 0 Å². The van der Waals surface area contributed by atoms with Crippen molar-refractivity contribution in [3.63, 3.8) is 0 Å². The minimum Gasteiger partial charge on any atom is -0.343 e. The van der Waals surface area contributed by atoms with Crippen molar-refractivity contribution in [1.29, 1.82) is 0 Å². The molecule has 0 amide bonds. The second-order valence-electron chi connectivity index (χ2n) is 4.42. The van der Waals surface area contributed by atoms with Gasteiger partial charge in [0.1, 0.15) is 5.82 Å². The maximum atomic E-state index is 13.4. The van der Waals surface area contributed by atoms with Gasteiger partial charge in [0.25, 0.3) is 0 Å². The molecule has 3 aromatic rings. The second-order valence-corrected chi connectivity index (χ2v) is 6.26. The number of hydrogen-bond donors (Lipinski definition) is 0. The maximum Gasteiger partial charge on any atom is 0.124 e. The summed E-state index contributed by atoms with van der Waals surface area (Å²) in [4.78, 5) is 0. The van der Waals surface area contributed by atoms with Crippen molar-refractivity contribution in [3.8, 4) is 0 Å². The van der Waals surface area contributed by atoms with E-state index in [-0.39, 0.29) is 5.82 Å². The van der Waals surface area contributed by atoms with Gasteiger partial charge in [-0.1, -0.05) is 31.9 Å². The van der Waals surface area contributed by atoms with Gasteiger partial charge < -0.3 is 4.57 Å². The van der Waals surface area contributed by atoms with E-state index in [9.17, 15) is 4.39 Å². The average Bonchev–Trinajstić information content (AvgIpc) is 2.70. The van der Waals surface area contributed by atoms with Gasteiger partial charge in [-0.15, -0.1) is 0 Å². The molecule has 0 atom stereocenters. The fourth-order valence-corrected chi connectivity index (χ4v) is 3.10. The van der Waals surface area contributed by atoms with Crippen molar-refractivity contribution in [2.75, 3.05) is 0 Å². The van der Waals surface area contributed by atoms with E-state index in [2.05, 4.69) is 54.6 Å². The predicted molar refractivity (Wildman–Crippen MR) is 82.8 cm³/mol. The Morgan fingerprint density at radius 3 is 2.58 bits per heavy atom. The van der Waals surface area contributed by atoms with E-state index in [1.807, 2.05) is 18.3 Å². The molecule has 0 aliphatic carbocycles. The number of fused-ring (bicyclic) bond motifs is 1. The molecule has 0 saturated carbocycles. The molecular weight excluding hydrogens is 373 g/mol. The molecule has 96 valence electrons. The van der Waals surface area contributed by atoms with Crippen molar-refractivity contribution in [1.82, 2.24) is 4.57 Å². The zero-order chi connectivity index (χ0) is 13.4. The van der Waals surface area contributed by atoms with E-state index < -0.39 is 0 Å². The molecule has 0 radical (unpaired) electrons. The first-order valence-electron chi connectivity index (χ1n) is 5.81. The lowest BCUT2D eigenvalue weighted by atomic mass is 10.2. The highest BCUT2D eigenvalue weighted by molar-refractivity contribution is 9.10. The van der Waals surface area contributed by atoms with Crippen LogP contribution in [0.15, 0.2) is 57.6 Å². The summed E-state index contributed by atoms with van der Waals surface area (Å²) in [6.07, 6.45) is 2.02. The molecule has 1 heterocycles. The predicted octanol–water partition coefficient (Wildman–Crippen LogP) is 5.35. The molecule has 0 saturated heterocycles. The summed E-state index contributed by atoms with van der Waals surface area (Å²) in [5.41, 5.74) is 2.08. The summed E-state index contributed by atoms with van der Waals surface area (Å²) in [5.74, 6) is -0.219. The summed E-state index contributed by atoms with van der Waals surface area (Å²) < 4.78 is 17.3. The number of aromatic nitrogens is 1. The second kappa shape index (κ2) is 5.10. The SMILES string of the molecule is Fc1cc(Br)cc(Cn2ccc3cc(Br)ccc32)c1. The minimum atomic E-state index is -0.219. The van der Waals surface area contributed by atoms with Gasteiger partial charge >= 0.3 is 0 Å². The third kappa shape index (κ3) is 2.74. The van der Waals surface area contributed by atoms with Crippen molar-refractivity contribution >= 4 is 42.8 Å². The first-order chi connectivity index (χ1) is 9.11. The number of nitrogens with zero attached hydrogens (tertiary/aromatic N) is 1. The van der Waals surface area contributed by atoms with E-state index in [0.717, 1.165) is 20.0 Å². The number of hydrogen-bond acceptors (Lipinski definition) is 0. The molecule has 1 nitrogen and oxygen atoms in total. The largest absolute Gasteiger partial charge is 0.343 e. The van der Waals surface area contributed by atoms with Crippen LogP contribution in [0.4, 0.5) is 4.39 Å². The standard InChI is InChI=1S/C15H10Br2FN/c16-12-1-2-15-11(7-12)3-4-19(15)9-10-5-13(17)8-14(18)6-10/h1-8H,9H2. The Labute approximate surface area is 127 Å². The molecule has 0 aliphatic rings. The zero-order valence-electron chi connectivity index (χ0n) is 9.91. The number of benzene rings is 2. The summed E-state index contributed by atoms with van der Waals surface area (Å²) in [6, 6.07) is 13.2. The van der Waals surface area contributed by atoms with Gasteiger partial charge in [0.2, 0.25) is 0 Å². The normalized spacial score (nSPS) is 11.1. The molecular formula is C15H10Br2FN. The molecule has 0 N–H and O–H groups in total. The molecule has 1 aromatic heterocycles. The Morgan fingerprint density at radius 1 is 0.947 bits per heavy atom. The lowest BCUT2D eigenvalue weighted by molar-refractivity contribution is 0.623. The van der Waals surface area contributed by atoms with Crippen molar-refractivity contribution < 1.29 is 4.39 Å².